The lowest BCUT2D eigenvalue weighted by atomic mass is 10.1. The Morgan fingerprint density at radius 2 is 1.92 bits per heavy atom. The lowest BCUT2D eigenvalue weighted by Gasteiger charge is -2.03. The highest BCUT2D eigenvalue weighted by atomic mass is 35.5. The lowest BCUT2D eigenvalue weighted by molar-refractivity contribution is 0.0600. The van der Waals surface area contributed by atoms with E-state index >= 15 is 0 Å². The van der Waals surface area contributed by atoms with Gasteiger partial charge in [-0.15, -0.1) is 0 Å². The molecule has 1 heterocycles. The first-order valence-corrected chi connectivity index (χ1v) is 7.99. The number of hydrogen-bond donors (Lipinski definition) is 1. The maximum absolute atomic E-state index is 12.1. The zero-order valence-corrected chi connectivity index (χ0v) is 14.6. The van der Waals surface area contributed by atoms with Gasteiger partial charge >= 0.3 is 5.97 Å². The number of carbonyl (C=O) groups excluding carboxylic acids is 1. The number of nitrogens with zero attached hydrogens (tertiary/aromatic N) is 1. The van der Waals surface area contributed by atoms with E-state index < -0.39 is 5.97 Å². The molecule has 5 nitrogen and oxygen atoms in total. The number of halogens is 2. The lowest BCUT2D eigenvalue weighted by Crippen LogP contribution is -2.10. The molecule has 0 fully saturated rings. The number of hydrogen-bond acceptors (Lipinski definition) is 4. The van der Waals surface area contributed by atoms with E-state index in [9.17, 15) is 9.59 Å². The highest BCUT2D eigenvalue weighted by molar-refractivity contribution is 6.50. The Labute approximate surface area is 152 Å². The van der Waals surface area contributed by atoms with Crippen molar-refractivity contribution in [3.05, 3.63) is 74.8 Å². The number of nitrogens with one attached hydrogen (secondary N) is 1. The molecule has 3 rings (SSSR count). The summed E-state index contributed by atoms with van der Waals surface area (Å²) in [6.07, 6.45) is 1.64. The van der Waals surface area contributed by atoms with Crippen molar-refractivity contribution in [2.75, 3.05) is 7.11 Å². The standard InChI is InChI=1S/C18H12Cl2N2O3/c1-25-18(24)11-4-2-10(3-5-11)8-14(20)16-21-15-9-12(19)6-7-13(15)17(23)22-16/h2-9H,1H3,(H,21,22,23)/b14-8-. The molecule has 1 N–H and O–H groups in total. The van der Waals surface area contributed by atoms with Gasteiger partial charge in [0.15, 0.2) is 5.82 Å². The molecule has 0 saturated heterocycles. The molecule has 7 heteroatoms. The number of aromatic amines is 1. The van der Waals surface area contributed by atoms with Crippen LogP contribution in [0.3, 0.4) is 0 Å². The second kappa shape index (κ2) is 7.09. The Morgan fingerprint density at radius 1 is 1.20 bits per heavy atom. The molecule has 25 heavy (non-hydrogen) atoms. The molecule has 0 atom stereocenters. The molecule has 0 saturated carbocycles. The first kappa shape index (κ1) is 17.2. The van der Waals surface area contributed by atoms with Gasteiger partial charge in [0.1, 0.15) is 0 Å². The van der Waals surface area contributed by atoms with Crippen LogP contribution in [0.15, 0.2) is 47.3 Å². The van der Waals surface area contributed by atoms with Crippen LogP contribution in [0.5, 0.6) is 0 Å². The van der Waals surface area contributed by atoms with Gasteiger partial charge in [-0.25, -0.2) is 9.78 Å². The first-order chi connectivity index (χ1) is 12.0. The van der Waals surface area contributed by atoms with Crippen LogP contribution < -0.4 is 5.56 Å². The number of carbonyl (C=O) groups is 1. The molecule has 3 aromatic rings. The summed E-state index contributed by atoms with van der Waals surface area (Å²) in [4.78, 5) is 30.6. The fourth-order valence-corrected chi connectivity index (χ4v) is 2.66. The van der Waals surface area contributed by atoms with Crippen molar-refractivity contribution in [2.45, 2.75) is 0 Å². The molecule has 126 valence electrons. The summed E-state index contributed by atoms with van der Waals surface area (Å²) in [6, 6.07) is 11.5. The molecule has 0 amide bonds. The van der Waals surface area contributed by atoms with Crippen molar-refractivity contribution in [1.29, 1.82) is 0 Å². The van der Waals surface area contributed by atoms with Gasteiger partial charge in [-0.2, -0.15) is 0 Å². The molecule has 0 spiro atoms. The fourth-order valence-electron chi connectivity index (χ4n) is 2.27. The van der Waals surface area contributed by atoms with Crippen molar-refractivity contribution >= 4 is 51.2 Å². The van der Waals surface area contributed by atoms with Crippen LogP contribution in [0.2, 0.25) is 5.02 Å². The molecule has 0 unspecified atom stereocenters. The average molecular weight is 375 g/mol. The topological polar surface area (TPSA) is 72.0 Å². The van der Waals surface area contributed by atoms with Crippen molar-refractivity contribution in [3.63, 3.8) is 0 Å². The van der Waals surface area contributed by atoms with Gasteiger partial charge in [0.2, 0.25) is 0 Å². The van der Waals surface area contributed by atoms with E-state index in [0.717, 1.165) is 5.56 Å². The zero-order chi connectivity index (χ0) is 18.0. The summed E-state index contributed by atoms with van der Waals surface area (Å²) in [5.74, 6) is -0.183. The summed E-state index contributed by atoms with van der Waals surface area (Å²) < 4.78 is 4.65. The minimum absolute atomic E-state index is 0.235. The predicted octanol–water partition coefficient (Wildman–Crippen LogP) is 4.10. The van der Waals surface area contributed by atoms with Gasteiger partial charge < -0.3 is 9.72 Å². The van der Waals surface area contributed by atoms with Crippen LogP contribution in [0.4, 0.5) is 0 Å². The van der Waals surface area contributed by atoms with E-state index in [0.29, 0.717) is 21.5 Å². The summed E-state index contributed by atoms with van der Waals surface area (Å²) in [5, 5.41) is 1.17. The third kappa shape index (κ3) is 3.73. The molecule has 0 bridgehead atoms. The predicted molar refractivity (Wildman–Crippen MR) is 98.9 cm³/mol. The van der Waals surface area contributed by atoms with Gasteiger partial charge in [-0.05, 0) is 42.0 Å². The Hall–Kier alpha value is -2.63. The van der Waals surface area contributed by atoms with Crippen LogP contribution in [0, 0.1) is 0 Å². The van der Waals surface area contributed by atoms with Crippen LogP contribution >= 0.6 is 23.2 Å². The third-order valence-electron chi connectivity index (χ3n) is 3.52. The van der Waals surface area contributed by atoms with Crippen molar-refractivity contribution in [1.82, 2.24) is 9.97 Å². The summed E-state index contributed by atoms with van der Waals surface area (Å²) >= 11 is 12.2. The minimum atomic E-state index is -0.418. The van der Waals surface area contributed by atoms with E-state index in [1.54, 1.807) is 48.5 Å². The monoisotopic (exact) mass is 374 g/mol. The van der Waals surface area contributed by atoms with E-state index in [-0.39, 0.29) is 16.4 Å². The molecule has 0 aliphatic heterocycles. The Bertz CT molecular complexity index is 1040. The van der Waals surface area contributed by atoms with E-state index in [2.05, 4.69) is 14.7 Å². The molecule has 2 aromatic carbocycles. The number of ether oxygens (including phenoxy) is 1. The van der Waals surface area contributed by atoms with Crippen LogP contribution in [-0.4, -0.2) is 23.0 Å². The Kier molecular flexibility index (Phi) is 4.88. The summed E-state index contributed by atoms with van der Waals surface area (Å²) in [6.45, 7) is 0. The van der Waals surface area contributed by atoms with Crippen LogP contribution in [0.25, 0.3) is 22.0 Å². The van der Waals surface area contributed by atoms with Gasteiger partial charge in [-0.1, -0.05) is 35.3 Å². The SMILES string of the molecule is COC(=O)c1ccc(/C=C(\Cl)c2nc3cc(Cl)ccc3c(=O)[nH]2)cc1. The van der Waals surface area contributed by atoms with Crippen LogP contribution in [-0.2, 0) is 4.74 Å². The number of esters is 1. The number of benzene rings is 2. The second-order valence-electron chi connectivity index (χ2n) is 5.18. The quantitative estimate of drug-likeness (QED) is 0.700. The first-order valence-electron chi connectivity index (χ1n) is 7.23. The highest BCUT2D eigenvalue weighted by Crippen LogP contribution is 2.21. The molecule has 0 aliphatic rings. The zero-order valence-electron chi connectivity index (χ0n) is 13.0. The number of H-pyrrole nitrogens is 1. The average Bonchev–Trinajstić information content (AvgIpc) is 2.61. The minimum Gasteiger partial charge on any atom is -0.465 e. The second-order valence-corrected chi connectivity index (χ2v) is 6.03. The van der Waals surface area contributed by atoms with Crippen molar-refractivity contribution in [3.8, 4) is 0 Å². The van der Waals surface area contributed by atoms with Crippen molar-refractivity contribution in [2.24, 2.45) is 0 Å². The van der Waals surface area contributed by atoms with Gasteiger partial charge in [0, 0.05) is 5.02 Å². The highest BCUT2D eigenvalue weighted by Gasteiger charge is 2.08. The van der Waals surface area contributed by atoms with E-state index in [1.807, 2.05) is 0 Å². The normalized spacial score (nSPS) is 11.6. The third-order valence-corrected chi connectivity index (χ3v) is 4.04. The number of rotatable bonds is 3. The van der Waals surface area contributed by atoms with E-state index in [4.69, 9.17) is 23.2 Å². The van der Waals surface area contributed by atoms with Gasteiger partial charge in [-0.3, -0.25) is 4.79 Å². The number of fused-ring (bicyclic) bond motifs is 1. The molecule has 0 radical (unpaired) electrons. The number of aromatic nitrogens is 2. The molecular weight excluding hydrogens is 363 g/mol. The smallest absolute Gasteiger partial charge is 0.337 e. The fraction of sp³-hybridized carbons (Fsp3) is 0.0556. The Balaban J connectivity index is 1.98. The molecule has 0 aliphatic carbocycles. The van der Waals surface area contributed by atoms with Gasteiger partial charge in [0.25, 0.3) is 5.56 Å². The Morgan fingerprint density at radius 3 is 2.60 bits per heavy atom. The van der Waals surface area contributed by atoms with Crippen molar-refractivity contribution < 1.29 is 9.53 Å². The maximum Gasteiger partial charge on any atom is 0.337 e. The molecule has 1 aromatic heterocycles. The van der Waals surface area contributed by atoms with E-state index in [1.165, 1.54) is 7.11 Å². The van der Waals surface area contributed by atoms with Crippen LogP contribution in [0.1, 0.15) is 21.7 Å². The largest absolute Gasteiger partial charge is 0.465 e. The molecular formula is C18H12Cl2N2O3. The summed E-state index contributed by atoms with van der Waals surface area (Å²) in [5.41, 5.74) is 1.33. The van der Waals surface area contributed by atoms with Gasteiger partial charge in [0.05, 0.1) is 28.6 Å². The maximum atomic E-state index is 12.1. The number of methoxy groups -OCH3 is 1. The summed E-state index contributed by atoms with van der Waals surface area (Å²) in [7, 11) is 1.32.